The van der Waals surface area contributed by atoms with Crippen molar-refractivity contribution in [2.24, 2.45) is 5.73 Å². The van der Waals surface area contributed by atoms with E-state index in [1.165, 1.54) is 11.1 Å². The number of carbonyl (C=O) groups excluding carboxylic acids is 1. The summed E-state index contributed by atoms with van der Waals surface area (Å²) >= 11 is 0. The Labute approximate surface area is 78.8 Å². The molecule has 70 valence electrons. The predicted octanol–water partition coefficient (Wildman–Crippen LogP) is 1.45. The summed E-state index contributed by atoms with van der Waals surface area (Å²) in [4.78, 5) is 10.3. The van der Waals surface area contributed by atoms with E-state index >= 15 is 0 Å². The number of carbonyl (C=O) groups is 1. The number of hydrogen-bond acceptors (Lipinski definition) is 2. The van der Waals surface area contributed by atoms with E-state index in [2.05, 4.69) is 31.2 Å². The molecule has 2 N–H and O–H groups in total. The fourth-order valence-corrected chi connectivity index (χ4v) is 1.16. The Bertz CT molecular complexity index is 266. The summed E-state index contributed by atoms with van der Waals surface area (Å²) < 4.78 is 0. The van der Waals surface area contributed by atoms with Crippen molar-refractivity contribution in [3.8, 4) is 0 Å². The maximum atomic E-state index is 10.3. The normalized spacial score (nSPS) is 12.5. The average Bonchev–Trinajstić information content (AvgIpc) is 2.16. The van der Waals surface area contributed by atoms with Crippen molar-refractivity contribution in [2.75, 3.05) is 0 Å². The van der Waals surface area contributed by atoms with Crippen molar-refractivity contribution in [1.82, 2.24) is 0 Å². The number of aldehydes is 1. The number of benzene rings is 1. The molecule has 0 bridgehead atoms. The van der Waals surface area contributed by atoms with Crippen molar-refractivity contribution in [3.63, 3.8) is 0 Å². The highest BCUT2D eigenvalue weighted by Gasteiger charge is 1.99. The summed E-state index contributed by atoms with van der Waals surface area (Å²) in [5.41, 5.74) is 7.97. The lowest BCUT2D eigenvalue weighted by Gasteiger charge is -2.03. The van der Waals surface area contributed by atoms with Crippen LogP contribution < -0.4 is 5.73 Å². The molecular formula is C11H15NO. The third-order valence-corrected chi connectivity index (χ3v) is 2.06. The lowest BCUT2D eigenvalue weighted by atomic mass is 10.1. The van der Waals surface area contributed by atoms with Gasteiger partial charge in [-0.1, -0.05) is 29.8 Å². The van der Waals surface area contributed by atoms with Crippen LogP contribution in [0.1, 0.15) is 17.5 Å². The second-order valence-electron chi connectivity index (χ2n) is 3.32. The van der Waals surface area contributed by atoms with Crippen LogP contribution >= 0.6 is 0 Å². The minimum atomic E-state index is -0.318. The molecule has 2 nitrogen and oxygen atoms in total. The van der Waals surface area contributed by atoms with Gasteiger partial charge in [-0.25, -0.2) is 0 Å². The van der Waals surface area contributed by atoms with Gasteiger partial charge in [-0.05, 0) is 25.3 Å². The third kappa shape index (κ3) is 3.38. The van der Waals surface area contributed by atoms with Crippen LogP contribution in [0.4, 0.5) is 0 Å². The number of nitrogens with two attached hydrogens (primary N) is 1. The first-order valence-electron chi connectivity index (χ1n) is 4.49. The topological polar surface area (TPSA) is 43.1 Å². The van der Waals surface area contributed by atoms with Crippen LogP contribution in [0.5, 0.6) is 0 Å². The van der Waals surface area contributed by atoms with Gasteiger partial charge in [0.05, 0.1) is 6.04 Å². The van der Waals surface area contributed by atoms with Crippen LogP contribution in [0, 0.1) is 6.92 Å². The first-order valence-corrected chi connectivity index (χ1v) is 4.49. The molecule has 2 heteroatoms. The van der Waals surface area contributed by atoms with Crippen LogP contribution in [0.15, 0.2) is 24.3 Å². The van der Waals surface area contributed by atoms with E-state index in [0.29, 0.717) is 0 Å². The lowest BCUT2D eigenvalue weighted by molar-refractivity contribution is -0.109. The molecule has 0 amide bonds. The molecule has 0 heterocycles. The molecule has 0 saturated carbocycles. The largest absolute Gasteiger partial charge is 0.322 e. The average molecular weight is 177 g/mol. The van der Waals surface area contributed by atoms with Gasteiger partial charge in [-0.2, -0.15) is 0 Å². The van der Waals surface area contributed by atoms with Crippen LogP contribution in [0.25, 0.3) is 0 Å². The van der Waals surface area contributed by atoms with Gasteiger partial charge in [-0.15, -0.1) is 0 Å². The van der Waals surface area contributed by atoms with Crippen LogP contribution in [-0.2, 0) is 11.2 Å². The van der Waals surface area contributed by atoms with Gasteiger partial charge in [0.2, 0.25) is 0 Å². The zero-order valence-electron chi connectivity index (χ0n) is 7.86. The van der Waals surface area contributed by atoms with Gasteiger partial charge < -0.3 is 10.5 Å². The molecule has 0 spiro atoms. The first-order chi connectivity index (χ1) is 6.22. The zero-order chi connectivity index (χ0) is 9.68. The zero-order valence-corrected chi connectivity index (χ0v) is 7.86. The Morgan fingerprint density at radius 3 is 2.54 bits per heavy atom. The second-order valence-corrected chi connectivity index (χ2v) is 3.32. The van der Waals surface area contributed by atoms with Gasteiger partial charge in [0.1, 0.15) is 6.29 Å². The highest BCUT2D eigenvalue weighted by molar-refractivity contribution is 5.56. The molecule has 0 radical (unpaired) electrons. The fourth-order valence-electron chi connectivity index (χ4n) is 1.16. The van der Waals surface area contributed by atoms with Crippen LogP contribution in [0.3, 0.4) is 0 Å². The molecule has 1 aromatic rings. The molecule has 0 saturated heterocycles. The second kappa shape index (κ2) is 4.77. The Balaban J connectivity index is 2.45. The number of hydrogen-bond donors (Lipinski definition) is 1. The standard InChI is InChI=1S/C11H15NO/c1-9-2-4-10(5-3-9)6-7-11(12)8-13/h2-5,8,11H,6-7,12H2,1H3. The molecule has 0 aliphatic rings. The molecule has 1 atom stereocenters. The Morgan fingerprint density at radius 2 is 2.00 bits per heavy atom. The Kier molecular flexibility index (Phi) is 3.65. The quantitative estimate of drug-likeness (QED) is 0.707. The van der Waals surface area contributed by atoms with Crippen molar-refractivity contribution >= 4 is 6.29 Å². The van der Waals surface area contributed by atoms with E-state index in [1.807, 2.05) is 0 Å². The summed E-state index contributed by atoms with van der Waals surface area (Å²) in [5.74, 6) is 0. The summed E-state index contributed by atoms with van der Waals surface area (Å²) in [7, 11) is 0. The van der Waals surface area contributed by atoms with Gasteiger partial charge >= 0.3 is 0 Å². The molecule has 0 aromatic heterocycles. The minimum absolute atomic E-state index is 0.318. The summed E-state index contributed by atoms with van der Waals surface area (Å²) in [6.45, 7) is 2.06. The smallest absolute Gasteiger partial charge is 0.136 e. The molecule has 13 heavy (non-hydrogen) atoms. The van der Waals surface area contributed by atoms with E-state index in [4.69, 9.17) is 5.73 Å². The molecule has 0 aliphatic carbocycles. The van der Waals surface area contributed by atoms with Crippen molar-refractivity contribution in [2.45, 2.75) is 25.8 Å². The van der Waals surface area contributed by atoms with E-state index < -0.39 is 0 Å². The SMILES string of the molecule is Cc1ccc(CCC(N)C=O)cc1. The maximum Gasteiger partial charge on any atom is 0.136 e. The van der Waals surface area contributed by atoms with Crippen LogP contribution in [-0.4, -0.2) is 12.3 Å². The maximum absolute atomic E-state index is 10.3. The monoisotopic (exact) mass is 177 g/mol. The number of rotatable bonds is 4. The van der Waals surface area contributed by atoms with E-state index in [0.717, 1.165) is 19.1 Å². The molecule has 0 aliphatic heterocycles. The minimum Gasteiger partial charge on any atom is -0.322 e. The van der Waals surface area contributed by atoms with Gasteiger partial charge in [0, 0.05) is 0 Å². The Hall–Kier alpha value is -1.15. The van der Waals surface area contributed by atoms with Gasteiger partial charge in [0.25, 0.3) is 0 Å². The molecule has 0 fully saturated rings. The summed E-state index contributed by atoms with van der Waals surface area (Å²) in [5, 5.41) is 0. The first kappa shape index (κ1) is 9.93. The van der Waals surface area contributed by atoms with E-state index in [9.17, 15) is 4.79 Å². The molecule has 1 unspecified atom stereocenters. The predicted molar refractivity (Wildman–Crippen MR) is 53.5 cm³/mol. The van der Waals surface area contributed by atoms with Gasteiger partial charge in [0.15, 0.2) is 0 Å². The van der Waals surface area contributed by atoms with E-state index in [1.54, 1.807) is 0 Å². The van der Waals surface area contributed by atoms with Crippen molar-refractivity contribution in [3.05, 3.63) is 35.4 Å². The molecule has 1 rings (SSSR count). The number of aryl methyl sites for hydroxylation is 2. The third-order valence-electron chi connectivity index (χ3n) is 2.06. The van der Waals surface area contributed by atoms with Crippen molar-refractivity contribution < 1.29 is 4.79 Å². The van der Waals surface area contributed by atoms with Crippen molar-refractivity contribution in [1.29, 1.82) is 0 Å². The highest BCUT2D eigenvalue weighted by Crippen LogP contribution is 2.06. The highest BCUT2D eigenvalue weighted by atomic mass is 16.1. The summed E-state index contributed by atoms with van der Waals surface area (Å²) in [6, 6.07) is 7.98. The molecule has 1 aromatic carbocycles. The Morgan fingerprint density at radius 1 is 1.38 bits per heavy atom. The summed E-state index contributed by atoms with van der Waals surface area (Å²) in [6.07, 6.45) is 2.40. The van der Waals surface area contributed by atoms with Crippen LogP contribution in [0.2, 0.25) is 0 Å². The lowest BCUT2D eigenvalue weighted by Crippen LogP contribution is -2.21. The van der Waals surface area contributed by atoms with Gasteiger partial charge in [-0.3, -0.25) is 0 Å². The van der Waals surface area contributed by atoms with E-state index in [-0.39, 0.29) is 6.04 Å². The fraction of sp³-hybridized carbons (Fsp3) is 0.364. The molecular weight excluding hydrogens is 162 g/mol.